The van der Waals surface area contributed by atoms with Gasteiger partial charge in [0, 0.05) is 0 Å². The second kappa shape index (κ2) is 2.42. The van der Waals surface area contributed by atoms with E-state index in [9.17, 15) is 0 Å². The van der Waals surface area contributed by atoms with E-state index in [1.54, 1.807) is 0 Å². The lowest BCUT2D eigenvalue weighted by Gasteiger charge is -1.92. The van der Waals surface area contributed by atoms with E-state index in [2.05, 4.69) is 4.98 Å². The van der Waals surface area contributed by atoms with Crippen molar-refractivity contribution < 1.29 is 5.11 Å². The maximum absolute atomic E-state index is 8.79. The van der Waals surface area contributed by atoms with Gasteiger partial charge in [0.05, 0.1) is 11.2 Å². The molecule has 1 N–H and O–H groups in total. The lowest BCUT2D eigenvalue weighted by Crippen LogP contribution is -1.73. The summed E-state index contributed by atoms with van der Waals surface area (Å²) in [5.41, 5.74) is 0. The van der Waals surface area contributed by atoms with E-state index in [-0.39, 0.29) is 15.9 Å². The summed E-state index contributed by atoms with van der Waals surface area (Å²) < 4.78 is 0. The molecular weight excluding hydrogens is 161 g/mol. The van der Waals surface area contributed by atoms with Crippen LogP contribution in [0.15, 0.2) is 12.3 Å². The molecule has 0 spiro atoms. The molecule has 1 aromatic rings. The number of nitrogens with zero attached hydrogens (tertiary/aromatic N) is 1. The van der Waals surface area contributed by atoms with Crippen LogP contribution in [0, 0.1) is 0 Å². The van der Waals surface area contributed by atoms with Gasteiger partial charge in [0.1, 0.15) is 5.15 Å². The Kier molecular flexibility index (Phi) is 1.78. The number of rotatable bonds is 0. The Morgan fingerprint density at radius 1 is 1.44 bits per heavy atom. The van der Waals surface area contributed by atoms with Crippen LogP contribution in [-0.2, 0) is 0 Å². The lowest BCUT2D eigenvalue weighted by molar-refractivity contribution is 0.473. The third-order valence-corrected chi connectivity index (χ3v) is 1.31. The molecule has 0 atom stereocenters. The van der Waals surface area contributed by atoms with Gasteiger partial charge in [0.15, 0.2) is 5.75 Å². The van der Waals surface area contributed by atoms with Crippen molar-refractivity contribution in [1.82, 2.24) is 4.98 Å². The second-order valence-electron chi connectivity index (χ2n) is 1.46. The molecule has 1 aromatic heterocycles. The van der Waals surface area contributed by atoms with Gasteiger partial charge in [0.2, 0.25) is 0 Å². The molecule has 4 heteroatoms. The summed E-state index contributed by atoms with van der Waals surface area (Å²) in [5, 5.41) is 9.28. The van der Waals surface area contributed by atoms with Crippen molar-refractivity contribution >= 4 is 23.2 Å². The normalized spacial score (nSPS) is 9.56. The number of halogens is 2. The maximum Gasteiger partial charge on any atom is 0.152 e. The molecule has 0 fully saturated rings. The van der Waals surface area contributed by atoms with Crippen molar-refractivity contribution in [3.63, 3.8) is 0 Å². The fourth-order valence-corrected chi connectivity index (χ4v) is 0.766. The Hall–Kier alpha value is -0.470. The molecule has 1 heterocycles. The molecule has 0 aromatic carbocycles. The molecule has 0 amide bonds. The van der Waals surface area contributed by atoms with Gasteiger partial charge in [-0.05, 0) is 6.07 Å². The summed E-state index contributed by atoms with van der Waals surface area (Å²) >= 11 is 10.8. The first kappa shape index (κ1) is 6.65. The molecule has 0 unspecified atom stereocenters. The second-order valence-corrected chi connectivity index (χ2v) is 2.25. The number of pyridine rings is 1. The van der Waals surface area contributed by atoms with Crippen LogP contribution in [0.1, 0.15) is 0 Å². The van der Waals surface area contributed by atoms with Gasteiger partial charge in [-0.15, -0.1) is 0 Å². The van der Waals surface area contributed by atoms with Crippen LogP contribution in [0.25, 0.3) is 0 Å². The molecule has 48 valence electrons. The van der Waals surface area contributed by atoms with Crippen LogP contribution < -0.4 is 0 Å². The van der Waals surface area contributed by atoms with Crippen LogP contribution in [0.2, 0.25) is 10.2 Å². The number of hydrogen-bond acceptors (Lipinski definition) is 2. The molecule has 0 aliphatic carbocycles. The highest BCUT2D eigenvalue weighted by Gasteiger charge is 1.96. The first-order valence-electron chi connectivity index (χ1n) is 2.20. The standard InChI is InChI=1S/C5H3Cl2NO/c6-3-1-5(7)8-2-4(3)9/h1-2,9H. The van der Waals surface area contributed by atoms with Crippen molar-refractivity contribution in [3.8, 4) is 5.75 Å². The Morgan fingerprint density at radius 3 is 2.56 bits per heavy atom. The number of hydrogen-bond donors (Lipinski definition) is 1. The van der Waals surface area contributed by atoms with E-state index < -0.39 is 0 Å². The van der Waals surface area contributed by atoms with Gasteiger partial charge >= 0.3 is 0 Å². The quantitative estimate of drug-likeness (QED) is 0.595. The first-order valence-corrected chi connectivity index (χ1v) is 2.96. The minimum Gasteiger partial charge on any atom is -0.505 e. The molecule has 0 aliphatic heterocycles. The number of aromatic nitrogens is 1. The SMILES string of the molecule is Oc1cnc(Cl)cc1Cl. The zero-order valence-electron chi connectivity index (χ0n) is 4.31. The monoisotopic (exact) mass is 163 g/mol. The van der Waals surface area contributed by atoms with E-state index in [1.165, 1.54) is 12.3 Å². The van der Waals surface area contributed by atoms with Crippen LogP contribution >= 0.6 is 23.2 Å². The predicted octanol–water partition coefficient (Wildman–Crippen LogP) is 2.09. The van der Waals surface area contributed by atoms with Crippen LogP contribution in [-0.4, -0.2) is 10.1 Å². The third kappa shape index (κ3) is 1.47. The van der Waals surface area contributed by atoms with Gasteiger partial charge in [-0.2, -0.15) is 0 Å². The van der Waals surface area contributed by atoms with Crippen molar-refractivity contribution in [2.24, 2.45) is 0 Å². The summed E-state index contributed by atoms with van der Waals surface area (Å²) in [6, 6.07) is 1.37. The molecule has 1 rings (SSSR count). The zero-order chi connectivity index (χ0) is 6.85. The summed E-state index contributed by atoms with van der Waals surface area (Å²) in [4.78, 5) is 3.57. The summed E-state index contributed by atoms with van der Waals surface area (Å²) in [5.74, 6) is -0.0546. The predicted molar refractivity (Wildman–Crippen MR) is 35.9 cm³/mol. The summed E-state index contributed by atoms with van der Waals surface area (Å²) in [7, 11) is 0. The molecule has 2 nitrogen and oxygen atoms in total. The van der Waals surface area contributed by atoms with Crippen molar-refractivity contribution in [3.05, 3.63) is 22.4 Å². The topological polar surface area (TPSA) is 33.1 Å². The average Bonchev–Trinajstić information content (AvgIpc) is 1.80. The third-order valence-electron chi connectivity index (χ3n) is 0.801. The smallest absolute Gasteiger partial charge is 0.152 e. The first-order chi connectivity index (χ1) is 4.20. The largest absolute Gasteiger partial charge is 0.505 e. The van der Waals surface area contributed by atoms with E-state index in [1.807, 2.05) is 0 Å². The Morgan fingerprint density at radius 2 is 2.11 bits per heavy atom. The van der Waals surface area contributed by atoms with E-state index >= 15 is 0 Å². The molecule has 9 heavy (non-hydrogen) atoms. The van der Waals surface area contributed by atoms with Gasteiger partial charge in [-0.1, -0.05) is 23.2 Å². The molecule has 0 radical (unpaired) electrons. The van der Waals surface area contributed by atoms with Crippen molar-refractivity contribution in [1.29, 1.82) is 0 Å². The van der Waals surface area contributed by atoms with Crippen molar-refractivity contribution in [2.75, 3.05) is 0 Å². The maximum atomic E-state index is 8.79. The van der Waals surface area contributed by atoms with Crippen LogP contribution in [0.5, 0.6) is 5.75 Å². The van der Waals surface area contributed by atoms with Crippen LogP contribution in [0.3, 0.4) is 0 Å². The van der Waals surface area contributed by atoms with E-state index in [0.717, 1.165) is 0 Å². The fraction of sp³-hybridized carbons (Fsp3) is 0. The molecule has 0 aliphatic rings. The highest BCUT2D eigenvalue weighted by atomic mass is 35.5. The average molecular weight is 164 g/mol. The van der Waals surface area contributed by atoms with Gasteiger partial charge < -0.3 is 5.11 Å². The lowest BCUT2D eigenvalue weighted by atomic mass is 10.5. The molecule has 0 bridgehead atoms. The van der Waals surface area contributed by atoms with Gasteiger partial charge in [-0.3, -0.25) is 0 Å². The highest BCUT2D eigenvalue weighted by Crippen LogP contribution is 2.23. The zero-order valence-corrected chi connectivity index (χ0v) is 5.82. The molecule has 0 saturated carbocycles. The number of aromatic hydroxyl groups is 1. The van der Waals surface area contributed by atoms with Gasteiger partial charge in [-0.25, -0.2) is 4.98 Å². The van der Waals surface area contributed by atoms with E-state index in [4.69, 9.17) is 28.3 Å². The molecule has 0 saturated heterocycles. The fourth-order valence-electron chi connectivity index (χ4n) is 0.400. The van der Waals surface area contributed by atoms with Crippen LogP contribution in [0.4, 0.5) is 0 Å². The minimum absolute atomic E-state index is 0.0546. The highest BCUT2D eigenvalue weighted by molar-refractivity contribution is 6.34. The van der Waals surface area contributed by atoms with E-state index in [0.29, 0.717) is 0 Å². The minimum atomic E-state index is -0.0546. The van der Waals surface area contributed by atoms with Gasteiger partial charge in [0.25, 0.3) is 0 Å². The Labute approximate surface area is 62.1 Å². The van der Waals surface area contributed by atoms with Crippen molar-refractivity contribution in [2.45, 2.75) is 0 Å². The Bertz CT molecular complexity index is 226. The summed E-state index contributed by atoms with van der Waals surface area (Å²) in [6.45, 7) is 0. The molecular formula is C5H3Cl2NO. The Balaban J connectivity index is 3.17. The summed E-state index contributed by atoms with van der Waals surface area (Å²) in [6.07, 6.45) is 1.20.